The van der Waals surface area contributed by atoms with Gasteiger partial charge in [-0.15, -0.1) is 0 Å². The molecule has 0 fully saturated rings. The molecule has 0 unspecified atom stereocenters. The van der Waals surface area contributed by atoms with Crippen molar-refractivity contribution in [2.75, 3.05) is 0 Å². The molecular formula is C16H21NO3. The number of nitrogens with zero attached hydrogens (tertiary/aromatic N) is 1. The smallest absolute Gasteiger partial charge is 0.305 e. The zero-order valence-electron chi connectivity index (χ0n) is 12.0. The molecule has 0 saturated carbocycles. The van der Waals surface area contributed by atoms with Crippen molar-refractivity contribution in [3.8, 4) is 0 Å². The summed E-state index contributed by atoms with van der Waals surface area (Å²) in [6.45, 7) is 4.64. The topological polar surface area (TPSA) is 57.6 Å². The van der Waals surface area contributed by atoms with Crippen molar-refractivity contribution in [1.29, 1.82) is 0 Å². The molecule has 0 radical (unpaired) electrons. The molecule has 4 nitrogen and oxygen atoms in total. The van der Waals surface area contributed by atoms with Crippen molar-refractivity contribution in [2.45, 2.75) is 45.7 Å². The van der Waals surface area contributed by atoms with Gasteiger partial charge in [-0.05, 0) is 17.5 Å². The first-order valence-electron chi connectivity index (χ1n) is 7.19. The van der Waals surface area contributed by atoms with Gasteiger partial charge in [-0.25, -0.2) is 0 Å². The maximum Gasteiger partial charge on any atom is 0.305 e. The van der Waals surface area contributed by atoms with Gasteiger partial charge in [0.2, 0.25) is 0 Å². The van der Waals surface area contributed by atoms with Crippen LogP contribution in [0.1, 0.15) is 49.0 Å². The van der Waals surface area contributed by atoms with Crippen molar-refractivity contribution in [3.63, 3.8) is 0 Å². The highest BCUT2D eigenvalue weighted by molar-refractivity contribution is 5.98. The fraction of sp³-hybridized carbons (Fsp3) is 0.500. The summed E-state index contributed by atoms with van der Waals surface area (Å²) >= 11 is 0. The summed E-state index contributed by atoms with van der Waals surface area (Å²) in [5.41, 5.74) is 1.72. The van der Waals surface area contributed by atoms with Crippen LogP contribution in [0.2, 0.25) is 0 Å². The molecule has 1 atom stereocenters. The van der Waals surface area contributed by atoms with E-state index in [1.807, 2.05) is 24.3 Å². The van der Waals surface area contributed by atoms with Crippen LogP contribution < -0.4 is 0 Å². The van der Waals surface area contributed by atoms with Crippen molar-refractivity contribution in [1.82, 2.24) is 4.90 Å². The number of hydrogen-bond donors (Lipinski definition) is 1. The molecule has 1 aliphatic heterocycles. The lowest BCUT2D eigenvalue weighted by Gasteiger charge is -2.32. The van der Waals surface area contributed by atoms with Gasteiger partial charge in [-0.2, -0.15) is 0 Å². The summed E-state index contributed by atoms with van der Waals surface area (Å²) in [5, 5.41) is 9.15. The number of aliphatic carboxylic acids is 1. The highest BCUT2D eigenvalue weighted by Gasteiger charge is 2.36. The van der Waals surface area contributed by atoms with Crippen LogP contribution in [0.3, 0.4) is 0 Å². The monoisotopic (exact) mass is 275 g/mol. The van der Waals surface area contributed by atoms with Crippen molar-refractivity contribution in [2.24, 2.45) is 5.92 Å². The molecule has 1 N–H and O–H groups in total. The molecule has 108 valence electrons. The largest absolute Gasteiger partial charge is 0.481 e. The zero-order chi connectivity index (χ0) is 14.7. The van der Waals surface area contributed by atoms with E-state index in [4.69, 9.17) is 5.11 Å². The number of carbonyl (C=O) groups excluding carboxylic acids is 1. The van der Waals surface area contributed by atoms with E-state index in [1.165, 1.54) is 0 Å². The Morgan fingerprint density at radius 2 is 1.95 bits per heavy atom. The minimum absolute atomic E-state index is 0.0199. The number of rotatable bonds is 6. The number of carbonyl (C=O) groups is 2. The van der Waals surface area contributed by atoms with Crippen LogP contribution in [0.4, 0.5) is 0 Å². The number of hydrogen-bond acceptors (Lipinski definition) is 2. The Labute approximate surface area is 119 Å². The average Bonchev–Trinajstić information content (AvgIpc) is 2.76. The van der Waals surface area contributed by atoms with E-state index in [1.54, 1.807) is 4.90 Å². The first-order chi connectivity index (χ1) is 9.58. The number of carboxylic acids is 1. The minimum atomic E-state index is -0.842. The standard InChI is InChI=1S/C16H21NO3/c1-3-11(4-2)14(9-15(18)19)17-10-12-7-5-6-8-13(12)16(17)20/h5-8,11,14H,3-4,9-10H2,1-2H3,(H,18,19)/t14-/m1/s1. The van der Waals surface area contributed by atoms with Crippen LogP contribution >= 0.6 is 0 Å². The lowest BCUT2D eigenvalue weighted by Crippen LogP contribution is -2.42. The number of carboxylic acid groups (broad SMARTS) is 1. The lowest BCUT2D eigenvalue weighted by molar-refractivity contribution is -0.138. The van der Waals surface area contributed by atoms with E-state index >= 15 is 0 Å². The first kappa shape index (κ1) is 14.6. The van der Waals surface area contributed by atoms with Gasteiger partial charge in [-0.3, -0.25) is 9.59 Å². The van der Waals surface area contributed by atoms with Crippen molar-refractivity contribution in [3.05, 3.63) is 35.4 Å². The second-order valence-electron chi connectivity index (χ2n) is 5.33. The predicted molar refractivity (Wildman–Crippen MR) is 76.4 cm³/mol. The third-order valence-electron chi connectivity index (χ3n) is 4.23. The van der Waals surface area contributed by atoms with Gasteiger partial charge < -0.3 is 10.0 Å². The van der Waals surface area contributed by atoms with Gasteiger partial charge in [0.1, 0.15) is 0 Å². The molecule has 4 heteroatoms. The Kier molecular flexibility index (Phi) is 4.42. The summed E-state index contributed by atoms with van der Waals surface area (Å²) in [7, 11) is 0. The van der Waals surface area contributed by atoms with Crippen LogP contribution in [0, 0.1) is 5.92 Å². The molecule has 0 aliphatic carbocycles. The maximum atomic E-state index is 12.5. The van der Waals surface area contributed by atoms with E-state index in [0.29, 0.717) is 12.1 Å². The number of benzene rings is 1. The number of amides is 1. The van der Waals surface area contributed by atoms with Crippen LogP contribution in [0.15, 0.2) is 24.3 Å². The van der Waals surface area contributed by atoms with E-state index < -0.39 is 5.97 Å². The molecule has 1 aromatic carbocycles. The Morgan fingerprint density at radius 3 is 2.50 bits per heavy atom. The highest BCUT2D eigenvalue weighted by atomic mass is 16.4. The van der Waals surface area contributed by atoms with Gasteiger partial charge in [0.05, 0.1) is 6.42 Å². The predicted octanol–water partition coefficient (Wildman–Crippen LogP) is 2.92. The quantitative estimate of drug-likeness (QED) is 0.868. The molecule has 0 aromatic heterocycles. The van der Waals surface area contributed by atoms with Gasteiger partial charge in [0.25, 0.3) is 5.91 Å². The summed E-state index contributed by atoms with van der Waals surface area (Å²) < 4.78 is 0. The minimum Gasteiger partial charge on any atom is -0.481 e. The fourth-order valence-electron chi connectivity index (χ4n) is 3.09. The molecule has 0 bridgehead atoms. The first-order valence-corrected chi connectivity index (χ1v) is 7.19. The molecule has 1 aromatic rings. The van der Waals surface area contributed by atoms with E-state index in [9.17, 15) is 9.59 Å². The normalized spacial score (nSPS) is 15.6. The zero-order valence-corrected chi connectivity index (χ0v) is 12.0. The van der Waals surface area contributed by atoms with Gasteiger partial charge in [-0.1, -0.05) is 44.9 Å². The molecule has 20 heavy (non-hydrogen) atoms. The molecule has 1 aliphatic rings. The van der Waals surface area contributed by atoms with Crippen molar-refractivity contribution >= 4 is 11.9 Å². The van der Waals surface area contributed by atoms with E-state index in [-0.39, 0.29) is 24.3 Å². The van der Waals surface area contributed by atoms with Crippen LogP contribution in [-0.2, 0) is 11.3 Å². The lowest BCUT2D eigenvalue weighted by atomic mass is 9.90. The molecule has 1 heterocycles. The Hall–Kier alpha value is -1.84. The molecule has 0 spiro atoms. The molecule has 1 amide bonds. The Bertz CT molecular complexity index is 508. The van der Waals surface area contributed by atoms with Gasteiger partial charge >= 0.3 is 5.97 Å². The third-order valence-corrected chi connectivity index (χ3v) is 4.23. The van der Waals surface area contributed by atoms with Gasteiger partial charge in [0.15, 0.2) is 0 Å². The Balaban J connectivity index is 2.27. The second-order valence-corrected chi connectivity index (χ2v) is 5.33. The summed E-state index contributed by atoms with van der Waals surface area (Å²) in [5.74, 6) is -0.645. The molecular weight excluding hydrogens is 254 g/mol. The highest BCUT2D eigenvalue weighted by Crippen LogP contribution is 2.30. The molecule has 0 saturated heterocycles. The molecule has 2 rings (SSSR count). The maximum absolute atomic E-state index is 12.5. The van der Waals surface area contributed by atoms with E-state index in [0.717, 1.165) is 18.4 Å². The van der Waals surface area contributed by atoms with Crippen LogP contribution in [-0.4, -0.2) is 27.9 Å². The van der Waals surface area contributed by atoms with Crippen LogP contribution in [0.5, 0.6) is 0 Å². The fourth-order valence-corrected chi connectivity index (χ4v) is 3.09. The number of fused-ring (bicyclic) bond motifs is 1. The summed E-state index contributed by atoms with van der Waals surface area (Å²) in [6.07, 6.45) is 1.79. The van der Waals surface area contributed by atoms with Crippen LogP contribution in [0.25, 0.3) is 0 Å². The average molecular weight is 275 g/mol. The van der Waals surface area contributed by atoms with Gasteiger partial charge in [0, 0.05) is 18.2 Å². The summed E-state index contributed by atoms with van der Waals surface area (Å²) in [6, 6.07) is 7.31. The van der Waals surface area contributed by atoms with E-state index in [2.05, 4.69) is 13.8 Å². The SMILES string of the molecule is CCC(CC)[C@@H](CC(=O)O)N1Cc2ccccc2C1=O. The van der Waals surface area contributed by atoms with Crippen molar-refractivity contribution < 1.29 is 14.7 Å². The third kappa shape index (κ3) is 2.69. The second kappa shape index (κ2) is 6.07. The Morgan fingerprint density at radius 1 is 1.30 bits per heavy atom. The summed E-state index contributed by atoms with van der Waals surface area (Å²) in [4.78, 5) is 25.4.